The van der Waals surface area contributed by atoms with Gasteiger partial charge in [0.1, 0.15) is 0 Å². The summed E-state index contributed by atoms with van der Waals surface area (Å²) >= 11 is 0. The average molecular weight is 289 g/mol. The zero-order chi connectivity index (χ0) is 14.9. The van der Waals surface area contributed by atoms with E-state index in [-0.39, 0.29) is 0 Å². The highest BCUT2D eigenvalue weighted by Gasteiger charge is 2.53. The van der Waals surface area contributed by atoms with Crippen molar-refractivity contribution < 1.29 is 0 Å². The smallest absolute Gasteiger partial charge is 0.0656 e. The lowest BCUT2D eigenvalue weighted by molar-refractivity contribution is 0.0598. The van der Waals surface area contributed by atoms with Gasteiger partial charge in [0.05, 0.1) is 6.07 Å². The Morgan fingerprint density at radius 3 is 2.77 bits per heavy atom. The Kier molecular flexibility index (Phi) is 2.50. The van der Waals surface area contributed by atoms with Gasteiger partial charge in [-0.3, -0.25) is 0 Å². The molecule has 4 aliphatic carbocycles. The lowest BCUT2D eigenvalue weighted by atomic mass is 9.55. The average Bonchev–Trinajstić information content (AvgIpc) is 2.85. The van der Waals surface area contributed by atoms with Crippen LogP contribution >= 0.6 is 0 Å². The van der Waals surface area contributed by atoms with E-state index >= 15 is 0 Å². The molecule has 0 aromatic heterocycles. The summed E-state index contributed by atoms with van der Waals surface area (Å²) < 4.78 is 0. The summed E-state index contributed by atoms with van der Waals surface area (Å²) in [7, 11) is 0. The van der Waals surface area contributed by atoms with Gasteiger partial charge in [-0.05, 0) is 83.9 Å². The third-order valence-corrected chi connectivity index (χ3v) is 7.32. The van der Waals surface area contributed by atoms with Crippen molar-refractivity contribution in [3.63, 3.8) is 0 Å². The van der Waals surface area contributed by atoms with Crippen LogP contribution in [0.15, 0.2) is 12.1 Å². The van der Waals surface area contributed by atoms with E-state index in [1.165, 1.54) is 36.8 Å². The number of hydrogen-bond acceptors (Lipinski definition) is 1. The standard InChI is InChI=1S/C21H23N/c1-21-7-6-17-18(20(21)8-13(11-21)12-22)5-4-16-9-14-2-3-15(14)10-19(16)17/h2-3,9-10,13,17-18,20H,4-8,11H2,1H3/t13-,17+,18-,20+,21-/m1/s1. The van der Waals surface area contributed by atoms with Gasteiger partial charge >= 0.3 is 0 Å². The van der Waals surface area contributed by atoms with Gasteiger partial charge in [-0.15, -0.1) is 0 Å². The first-order valence-electron chi connectivity index (χ1n) is 8.92. The van der Waals surface area contributed by atoms with Crippen molar-refractivity contribution in [3.8, 4) is 6.07 Å². The number of benzene rings is 1. The van der Waals surface area contributed by atoms with E-state index in [2.05, 4.69) is 37.3 Å². The van der Waals surface area contributed by atoms with Crippen molar-refractivity contribution in [1.29, 1.82) is 5.26 Å². The predicted octanol–water partition coefficient (Wildman–Crippen LogP) is 5.17. The summed E-state index contributed by atoms with van der Waals surface area (Å²) in [5.74, 6) is 2.69. The quantitative estimate of drug-likeness (QED) is 0.656. The lowest BCUT2D eigenvalue weighted by Gasteiger charge is -2.49. The van der Waals surface area contributed by atoms with Crippen LogP contribution in [0.2, 0.25) is 0 Å². The highest BCUT2D eigenvalue weighted by molar-refractivity contribution is 5.86. The fourth-order valence-corrected chi connectivity index (χ4v) is 6.19. The molecule has 0 spiro atoms. The second-order valence-corrected chi connectivity index (χ2v) is 8.39. The highest BCUT2D eigenvalue weighted by Crippen LogP contribution is 2.62. The molecule has 2 fully saturated rings. The summed E-state index contributed by atoms with van der Waals surface area (Å²) in [6.07, 6.45) is 12.1. The molecule has 1 aromatic carbocycles. The largest absolute Gasteiger partial charge is 0.198 e. The number of rotatable bonds is 0. The van der Waals surface area contributed by atoms with Crippen LogP contribution in [-0.2, 0) is 6.42 Å². The molecule has 1 nitrogen and oxygen atoms in total. The molecular weight excluding hydrogens is 266 g/mol. The van der Waals surface area contributed by atoms with Crippen molar-refractivity contribution in [3.05, 3.63) is 34.4 Å². The van der Waals surface area contributed by atoms with Gasteiger partial charge in [0.15, 0.2) is 0 Å². The summed E-state index contributed by atoms with van der Waals surface area (Å²) in [4.78, 5) is 0. The molecule has 0 N–H and O–H groups in total. The molecule has 4 aliphatic rings. The normalized spacial score (nSPS) is 40.7. The second-order valence-electron chi connectivity index (χ2n) is 8.39. The minimum absolute atomic E-state index is 0.315. The SMILES string of the molecule is C[C@]12CC[C@@H]3c4cc5c(cc4CC[C@H]3[C@@H]1C[C@@H](C#N)C2)C=C5. The van der Waals surface area contributed by atoms with Gasteiger partial charge in [0.25, 0.3) is 0 Å². The minimum Gasteiger partial charge on any atom is -0.198 e. The van der Waals surface area contributed by atoms with E-state index in [4.69, 9.17) is 0 Å². The van der Waals surface area contributed by atoms with Crippen LogP contribution in [0.1, 0.15) is 67.2 Å². The molecule has 22 heavy (non-hydrogen) atoms. The molecule has 1 heteroatoms. The maximum absolute atomic E-state index is 9.40. The molecule has 5 atom stereocenters. The Bertz CT molecular complexity index is 722. The van der Waals surface area contributed by atoms with E-state index in [1.807, 2.05) is 0 Å². The van der Waals surface area contributed by atoms with Crippen LogP contribution < -0.4 is 0 Å². The lowest BCUT2D eigenvalue weighted by Crippen LogP contribution is -2.39. The molecule has 1 aromatic rings. The number of aryl methyl sites for hydroxylation is 1. The van der Waals surface area contributed by atoms with E-state index in [0.29, 0.717) is 11.3 Å². The second kappa shape index (κ2) is 4.25. The van der Waals surface area contributed by atoms with Crippen molar-refractivity contribution >= 4 is 12.2 Å². The summed E-state index contributed by atoms with van der Waals surface area (Å²) in [5, 5.41) is 9.40. The van der Waals surface area contributed by atoms with Gasteiger partial charge < -0.3 is 0 Å². The number of nitriles is 1. The van der Waals surface area contributed by atoms with Gasteiger partial charge in [0.2, 0.25) is 0 Å². The highest BCUT2D eigenvalue weighted by atomic mass is 14.6. The molecule has 0 heterocycles. The molecule has 0 aliphatic heterocycles. The van der Waals surface area contributed by atoms with Crippen LogP contribution in [0.5, 0.6) is 0 Å². The van der Waals surface area contributed by atoms with Gasteiger partial charge in [-0.25, -0.2) is 0 Å². The van der Waals surface area contributed by atoms with Crippen molar-refractivity contribution in [2.45, 2.75) is 51.4 Å². The van der Waals surface area contributed by atoms with Gasteiger partial charge in [-0.1, -0.05) is 31.2 Å². The Labute approximate surface area is 133 Å². The maximum atomic E-state index is 9.40. The molecule has 0 amide bonds. The van der Waals surface area contributed by atoms with Crippen LogP contribution in [0.3, 0.4) is 0 Å². The first kappa shape index (κ1) is 12.9. The first-order chi connectivity index (χ1) is 10.7. The third kappa shape index (κ3) is 1.59. The molecule has 5 rings (SSSR count). The number of fused-ring (bicyclic) bond motifs is 6. The Balaban J connectivity index is 1.53. The van der Waals surface area contributed by atoms with E-state index in [1.54, 1.807) is 11.1 Å². The molecule has 0 bridgehead atoms. The van der Waals surface area contributed by atoms with Crippen LogP contribution in [0, 0.1) is 34.5 Å². The minimum atomic E-state index is 0.315. The van der Waals surface area contributed by atoms with E-state index in [9.17, 15) is 5.26 Å². The van der Waals surface area contributed by atoms with Crippen LogP contribution in [0.4, 0.5) is 0 Å². The Morgan fingerprint density at radius 1 is 1.18 bits per heavy atom. The monoisotopic (exact) mass is 289 g/mol. The summed E-state index contributed by atoms with van der Waals surface area (Å²) in [6, 6.07) is 7.51. The zero-order valence-corrected chi connectivity index (χ0v) is 13.3. The summed E-state index contributed by atoms with van der Waals surface area (Å²) in [5.41, 5.74) is 6.61. The Morgan fingerprint density at radius 2 is 2.00 bits per heavy atom. The van der Waals surface area contributed by atoms with E-state index < -0.39 is 0 Å². The summed E-state index contributed by atoms with van der Waals surface area (Å²) in [6.45, 7) is 2.47. The maximum Gasteiger partial charge on any atom is 0.0656 e. The van der Waals surface area contributed by atoms with Gasteiger partial charge in [0, 0.05) is 5.92 Å². The number of nitrogens with zero attached hydrogens (tertiary/aromatic N) is 1. The van der Waals surface area contributed by atoms with Gasteiger partial charge in [-0.2, -0.15) is 5.26 Å². The Hall–Kier alpha value is -1.55. The number of hydrogen-bond donors (Lipinski definition) is 0. The molecular formula is C21H23N. The van der Waals surface area contributed by atoms with Crippen LogP contribution in [-0.4, -0.2) is 0 Å². The molecule has 112 valence electrons. The van der Waals surface area contributed by atoms with Crippen molar-refractivity contribution in [2.24, 2.45) is 23.2 Å². The van der Waals surface area contributed by atoms with E-state index in [0.717, 1.165) is 30.6 Å². The molecule has 2 saturated carbocycles. The molecule has 0 radical (unpaired) electrons. The fourth-order valence-electron chi connectivity index (χ4n) is 6.19. The molecule has 0 unspecified atom stereocenters. The van der Waals surface area contributed by atoms with Crippen molar-refractivity contribution in [2.75, 3.05) is 0 Å². The van der Waals surface area contributed by atoms with Crippen molar-refractivity contribution in [1.82, 2.24) is 0 Å². The zero-order valence-electron chi connectivity index (χ0n) is 13.3. The first-order valence-corrected chi connectivity index (χ1v) is 8.92. The predicted molar refractivity (Wildman–Crippen MR) is 89.1 cm³/mol. The molecule has 0 saturated heterocycles. The topological polar surface area (TPSA) is 23.8 Å². The van der Waals surface area contributed by atoms with Crippen LogP contribution in [0.25, 0.3) is 12.2 Å². The fraction of sp³-hybridized carbons (Fsp3) is 0.571. The third-order valence-electron chi connectivity index (χ3n) is 7.32.